The van der Waals surface area contributed by atoms with Gasteiger partial charge in [0.25, 0.3) is 0 Å². The van der Waals surface area contributed by atoms with Crippen molar-refractivity contribution in [3.05, 3.63) is 0 Å². The summed E-state index contributed by atoms with van der Waals surface area (Å²) in [4.78, 5) is 6.69. The van der Waals surface area contributed by atoms with Crippen LogP contribution < -0.4 is 0 Å². The molecule has 8 unspecified atom stereocenters. The molecule has 0 spiro atoms. The lowest BCUT2D eigenvalue weighted by atomic mass is 9.46. The van der Waals surface area contributed by atoms with E-state index in [1.807, 2.05) is 0 Å². The maximum Gasteiger partial charge on any atom is 0.0132 e. The first kappa shape index (κ1) is 29.3. The molecule has 8 aliphatic carbocycles. The summed E-state index contributed by atoms with van der Waals surface area (Å²) in [6.45, 7) is 0. The molecule has 42 heavy (non-hydrogen) atoms. The summed E-state index contributed by atoms with van der Waals surface area (Å²) in [5.41, 5.74) is 0. The second-order valence-electron chi connectivity index (χ2n) is 17.5. The smallest absolute Gasteiger partial charge is 0.0132 e. The minimum Gasteiger partial charge on any atom is -0.294 e. The standard InChI is InChI=1S/C40H68N2/c1-5-13-31(14-6-1)41(32-15-7-2-8-16-32)37-27-23-29-22-26-36-38(28-24-30-21-25-35(37)39(29)40(30)36)42(33-17-9-3-10-18-33)34-19-11-4-12-20-34/h29-40H,1-28H2. The molecule has 8 atom stereocenters. The SMILES string of the molecule is C1CCC(N(C2CCCCC2)C2CCC3CCC4C5C(CCC2C35)CCC4N(C2CCCCC2)C2CCCCC2)CC1. The zero-order valence-corrected chi connectivity index (χ0v) is 27.6. The largest absolute Gasteiger partial charge is 0.294 e. The third-order valence-electron chi connectivity index (χ3n) is 15.7. The van der Waals surface area contributed by atoms with Gasteiger partial charge in [-0.25, -0.2) is 0 Å². The Hall–Kier alpha value is -0.0800. The molecule has 8 rings (SSSR count). The normalized spacial score (nSPS) is 43.0. The van der Waals surface area contributed by atoms with Crippen molar-refractivity contribution in [3.8, 4) is 0 Å². The lowest BCUT2D eigenvalue weighted by Gasteiger charge is -2.64. The van der Waals surface area contributed by atoms with Crippen molar-refractivity contribution >= 4 is 0 Å². The summed E-state index contributed by atoms with van der Waals surface area (Å²) in [5, 5.41) is 0. The zero-order valence-electron chi connectivity index (χ0n) is 27.6. The van der Waals surface area contributed by atoms with Gasteiger partial charge in [0.05, 0.1) is 0 Å². The molecule has 0 radical (unpaired) electrons. The summed E-state index contributed by atoms with van der Waals surface area (Å²) in [6.07, 6.45) is 43.2. The molecule has 8 saturated carbocycles. The number of hydrogen-bond donors (Lipinski definition) is 0. The maximum absolute atomic E-state index is 3.35. The first-order chi connectivity index (χ1) is 20.9. The Labute approximate surface area is 260 Å². The van der Waals surface area contributed by atoms with Crippen LogP contribution in [-0.2, 0) is 0 Å². The van der Waals surface area contributed by atoms with Crippen LogP contribution in [0.2, 0.25) is 0 Å². The highest BCUT2D eigenvalue weighted by molar-refractivity contribution is 5.09. The van der Waals surface area contributed by atoms with Crippen molar-refractivity contribution in [2.45, 2.75) is 216 Å². The van der Waals surface area contributed by atoms with Gasteiger partial charge < -0.3 is 0 Å². The van der Waals surface area contributed by atoms with Gasteiger partial charge in [-0.15, -0.1) is 0 Å². The summed E-state index contributed by atoms with van der Waals surface area (Å²) in [5.74, 6) is 6.47. The molecule has 2 heteroatoms. The van der Waals surface area contributed by atoms with Crippen molar-refractivity contribution in [2.75, 3.05) is 0 Å². The summed E-state index contributed by atoms with van der Waals surface area (Å²) in [6, 6.07) is 5.65. The van der Waals surface area contributed by atoms with E-state index in [1.165, 1.54) is 128 Å². The van der Waals surface area contributed by atoms with Crippen molar-refractivity contribution in [3.63, 3.8) is 0 Å². The molecule has 0 N–H and O–H groups in total. The van der Waals surface area contributed by atoms with Crippen molar-refractivity contribution < 1.29 is 0 Å². The van der Waals surface area contributed by atoms with E-state index in [0.717, 1.165) is 71.8 Å². The van der Waals surface area contributed by atoms with E-state index in [1.54, 1.807) is 51.4 Å². The third kappa shape index (κ3) is 5.60. The molecular weight excluding hydrogens is 508 g/mol. The maximum atomic E-state index is 3.35. The lowest BCUT2D eigenvalue weighted by Crippen LogP contribution is -2.64. The minimum absolute atomic E-state index is 0.938. The Morgan fingerprint density at radius 3 is 0.857 bits per heavy atom. The van der Waals surface area contributed by atoms with Crippen LogP contribution in [0, 0.1) is 35.5 Å². The molecule has 0 aromatic rings. The molecule has 0 aromatic heterocycles. The predicted molar refractivity (Wildman–Crippen MR) is 177 cm³/mol. The van der Waals surface area contributed by atoms with Gasteiger partial charge in [0.15, 0.2) is 0 Å². The molecule has 2 nitrogen and oxygen atoms in total. The fourth-order valence-corrected chi connectivity index (χ4v) is 14.2. The second-order valence-corrected chi connectivity index (χ2v) is 17.5. The van der Waals surface area contributed by atoms with Crippen molar-refractivity contribution in [2.24, 2.45) is 35.5 Å². The highest BCUT2D eigenvalue weighted by Gasteiger charge is 2.58. The topological polar surface area (TPSA) is 6.48 Å². The van der Waals surface area contributed by atoms with Gasteiger partial charge in [-0.3, -0.25) is 9.80 Å². The Morgan fingerprint density at radius 2 is 0.548 bits per heavy atom. The van der Waals surface area contributed by atoms with E-state index in [4.69, 9.17) is 0 Å². The number of nitrogens with zero attached hydrogens (tertiary/aromatic N) is 2. The minimum atomic E-state index is 0.938. The molecule has 0 saturated heterocycles. The summed E-state index contributed by atoms with van der Waals surface area (Å²) in [7, 11) is 0. The molecule has 0 heterocycles. The summed E-state index contributed by atoms with van der Waals surface area (Å²) < 4.78 is 0. The van der Waals surface area contributed by atoms with E-state index >= 15 is 0 Å². The number of hydrogen-bond acceptors (Lipinski definition) is 2. The Balaban J connectivity index is 1.08. The third-order valence-corrected chi connectivity index (χ3v) is 15.7. The molecule has 0 bridgehead atoms. The molecule has 8 fully saturated rings. The molecule has 0 amide bonds. The monoisotopic (exact) mass is 577 g/mol. The Morgan fingerprint density at radius 1 is 0.262 bits per heavy atom. The van der Waals surface area contributed by atoms with Crippen molar-refractivity contribution in [1.29, 1.82) is 0 Å². The van der Waals surface area contributed by atoms with Crippen LogP contribution in [0.5, 0.6) is 0 Å². The quantitative estimate of drug-likeness (QED) is 0.310. The van der Waals surface area contributed by atoms with Gasteiger partial charge in [-0.2, -0.15) is 0 Å². The van der Waals surface area contributed by atoms with Gasteiger partial charge in [-0.05, 0) is 138 Å². The Kier molecular flexibility index (Phi) is 9.32. The molecular formula is C40H68N2. The van der Waals surface area contributed by atoms with Crippen LogP contribution in [0.4, 0.5) is 0 Å². The van der Waals surface area contributed by atoms with E-state index in [9.17, 15) is 0 Å². The highest BCUT2D eigenvalue weighted by Crippen LogP contribution is 2.62. The van der Waals surface area contributed by atoms with Crippen LogP contribution in [0.15, 0.2) is 0 Å². The molecule has 0 aliphatic heterocycles. The van der Waals surface area contributed by atoms with E-state index in [0.29, 0.717) is 0 Å². The zero-order chi connectivity index (χ0) is 27.9. The molecule has 238 valence electrons. The lowest BCUT2D eigenvalue weighted by molar-refractivity contribution is -0.148. The van der Waals surface area contributed by atoms with E-state index in [2.05, 4.69) is 9.80 Å². The fourth-order valence-electron chi connectivity index (χ4n) is 14.2. The van der Waals surface area contributed by atoms with Crippen LogP contribution >= 0.6 is 0 Å². The molecule has 8 aliphatic rings. The average molecular weight is 577 g/mol. The van der Waals surface area contributed by atoms with E-state index < -0.39 is 0 Å². The van der Waals surface area contributed by atoms with Crippen LogP contribution in [0.1, 0.15) is 180 Å². The first-order valence-electron chi connectivity index (χ1n) is 20.4. The Bertz CT molecular complexity index is 740. The number of rotatable bonds is 6. The van der Waals surface area contributed by atoms with Crippen LogP contribution in [-0.4, -0.2) is 46.1 Å². The highest BCUT2D eigenvalue weighted by atomic mass is 15.2. The van der Waals surface area contributed by atoms with Gasteiger partial charge in [0.1, 0.15) is 0 Å². The van der Waals surface area contributed by atoms with Gasteiger partial charge in [0.2, 0.25) is 0 Å². The molecule has 0 aromatic carbocycles. The van der Waals surface area contributed by atoms with Gasteiger partial charge in [0, 0.05) is 36.3 Å². The summed E-state index contributed by atoms with van der Waals surface area (Å²) >= 11 is 0. The van der Waals surface area contributed by atoms with Gasteiger partial charge in [-0.1, -0.05) is 77.0 Å². The van der Waals surface area contributed by atoms with Crippen LogP contribution in [0.3, 0.4) is 0 Å². The van der Waals surface area contributed by atoms with E-state index in [-0.39, 0.29) is 0 Å². The average Bonchev–Trinajstić information content (AvgIpc) is 3.07. The first-order valence-corrected chi connectivity index (χ1v) is 20.4. The fraction of sp³-hybridized carbons (Fsp3) is 1.00. The van der Waals surface area contributed by atoms with Gasteiger partial charge >= 0.3 is 0 Å². The van der Waals surface area contributed by atoms with Crippen LogP contribution in [0.25, 0.3) is 0 Å². The predicted octanol–water partition coefficient (Wildman–Crippen LogP) is 10.5. The second kappa shape index (κ2) is 13.3. The van der Waals surface area contributed by atoms with Crippen molar-refractivity contribution in [1.82, 2.24) is 9.80 Å².